The number of nitrogens with zero attached hydrogens (tertiary/aromatic N) is 5. The standard InChI is InChI=1S/C31H21FN8O/c32-22-8-6-19(7-9-22)27-29-25(10-11-34-27)37-31(38-29)28-24-14-21(16-35-30(24)40-39-28)20-13-23(17-33-15-20)36-26(41)12-18-4-2-1-3-5-18/h1-11,13-17H,12H2,(H,36,41)(H,37,38)(H,35,39,40). The Morgan fingerprint density at radius 2 is 1.68 bits per heavy atom. The molecule has 0 atom stereocenters. The van der Waals surface area contributed by atoms with E-state index in [0.717, 1.165) is 33.2 Å². The number of benzene rings is 2. The molecule has 0 unspecified atom stereocenters. The second-order valence-corrected chi connectivity index (χ2v) is 9.51. The molecule has 0 fully saturated rings. The van der Waals surface area contributed by atoms with Crippen molar-refractivity contribution in [1.29, 1.82) is 0 Å². The fourth-order valence-electron chi connectivity index (χ4n) is 4.76. The van der Waals surface area contributed by atoms with Gasteiger partial charge in [-0.15, -0.1) is 0 Å². The fraction of sp³-hybridized carbons (Fsp3) is 0.0323. The van der Waals surface area contributed by atoms with Gasteiger partial charge in [-0.2, -0.15) is 5.10 Å². The summed E-state index contributed by atoms with van der Waals surface area (Å²) in [6.07, 6.45) is 7.02. The Morgan fingerprint density at radius 3 is 2.54 bits per heavy atom. The second kappa shape index (κ2) is 10.1. The number of carbonyl (C=O) groups excluding carboxylic acids is 1. The molecule has 0 saturated heterocycles. The molecule has 0 spiro atoms. The summed E-state index contributed by atoms with van der Waals surface area (Å²) in [5.74, 6) is 0.104. The molecular formula is C31H21FN8O. The van der Waals surface area contributed by atoms with Crippen molar-refractivity contribution in [2.45, 2.75) is 6.42 Å². The SMILES string of the molecule is O=C(Cc1ccccc1)Nc1cncc(-c2cnc3[nH]nc(-c4nc5c(-c6ccc(F)cc6)nccc5[nH]4)c3c2)c1. The number of pyridine rings is 3. The molecule has 5 aromatic heterocycles. The van der Waals surface area contributed by atoms with Gasteiger partial charge in [-0.1, -0.05) is 30.3 Å². The van der Waals surface area contributed by atoms with Crippen LogP contribution in [0.4, 0.5) is 10.1 Å². The lowest BCUT2D eigenvalue weighted by Gasteiger charge is -2.07. The van der Waals surface area contributed by atoms with Crippen molar-refractivity contribution in [3.05, 3.63) is 109 Å². The molecule has 7 rings (SSSR count). The number of H-pyrrole nitrogens is 2. The number of imidazole rings is 1. The molecule has 0 aliphatic heterocycles. The molecule has 5 heterocycles. The third kappa shape index (κ3) is 4.78. The summed E-state index contributed by atoms with van der Waals surface area (Å²) in [6.45, 7) is 0. The average molecular weight is 541 g/mol. The summed E-state index contributed by atoms with van der Waals surface area (Å²) in [4.78, 5) is 34.1. The Hall–Kier alpha value is -5.77. The minimum absolute atomic E-state index is 0.125. The quantitative estimate of drug-likeness (QED) is 0.240. The van der Waals surface area contributed by atoms with Crippen molar-refractivity contribution >= 4 is 33.7 Å². The van der Waals surface area contributed by atoms with Gasteiger partial charge in [0.25, 0.3) is 0 Å². The van der Waals surface area contributed by atoms with E-state index in [-0.39, 0.29) is 18.1 Å². The van der Waals surface area contributed by atoms with Crippen LogP contribution in [-0.2, 0) is 11.2 Å². The highest BCUT2D eigenvalue weighted by Crippen LogP contribution is 2.32. The van der Waals surface area contributed by atoms with Gasteiger partial charge < -0.3 is 10.3 Å². The summed E-state index contributed by atoms with van der Waals surface area (Å²) < 4.78 is 13.5. The highest BCUT2D eigenvalue weighted by Gasteiger charge is 2.17. The van der Waals surface area contributed by atoms with E-state index in [1.54, 1.807) is 36.9 Å². The highest BCUT2D eigenvalue weighted by atomic mass is 19.1. The van der Waals surface area contributed by atoms with E-state index in [9.17, 15) is 9.18 Å². The molecule has 0 aliphatic rings. The van der Waals surface area contributed by atoms with Gasteiger partial charge >= 0.3 is 0 Å². The molecule has 10 heteroatoms. The molecule has 9 nitrogen and oxygen atoms in total. The Labute approximate surface area is 232 Å². The van der Waals surface area contributed by atoms with Crippen LogP contribution in [0.15, 0.2) is 97.6 Å². The first kappa shape index (κ1) is 24.3. The predicted octanol–water partition coefficient (Wildman–Crippen LogP) is 5.95. The lowest BCUT2D eigenvalue weighted by Crippen LogP contribution is -2.14. The summed E-state index contributed by atoms with van der Waals surface area (Å²) in [5.41, 5.74) is 7.13. The van der Waals surface area contributed by atoms with Crippen molar-refractivity contribution in [3.63, 3.8) is 0 Å². The van der Waals surface area contributed by atoms with Gasteiger partial charge in [0.1, 0.15) is 17.0 Å². The Morgan fingerprint density at radius 1 is 0.854 bits per heavy atom. The van der Waals surface area contributed by atoms with Gasteiger partial charge in [0.05, 0.1) is 34.9 Å². The number of aromatic amines is 2. The molecule has 7 aromatic rings. The summed E-state index contributed by atoms with van der Waals surface area (Å²) in [6, 6.07) is 21.4. The van der Waals surface area contributed by atoms with Gasteiger partial charge in [-0.05, 0) is 48.0 Å². The number of fused-ring (bicyclic) bond motifs is 2. The molecule has 3 N–H and O–H groups in total. The third-order valence-corrected chi connectivity index (χ3v) is 6.72. The van der Waals surface area contributed by atoms with Crippen molar-refractivity contribution in [2.24, 2.45) is 0 Å². The van der Waals surface area contributed by atoms with Crippen molar-refractivity contribution in [1.82, 2.24) is 35.1 Å². The molecule has 2 aromatic carbocycles. The largest absolute Gasteiger partial charge is 0.336 e. The maximum absolute atomic E-state index is 13.5. The van der Waals surface area contributed by atoms with Crippen LogP contribution in [0.2, 0.25) is 0 Å². The number of halogens is 1. The molecule has 0 bridgehead atoms. The van der Waals surface area contributed by atoms with Gasteiger partial charge in [0.15, 0.2) is 11.5 Å². The summed E-state index contributed by atoms with van der Waals surface area (Å²) >= 11 is 0. The molecular weight excluding hydrogens is 519 g/mol. The average Bonchev–Trinajstić information content (AvgIpc) is 3.62. The first-order valence-electron chi connectivity index (χ1n) is 12.8. The van der Waals surface area contributed by atoms with Crippen LogP contribution >= 0.6 is 0 Å². The third-order valence-electron chi connectivity index (χ3n) is 6.72. The van der Waals surface area contributed by atoms with Crippen LogP contribution < -0.4 is 5.32 Å². The van der Waals surface area contributed by atoms with Crippen molar-refractivity contribution < 1.29 is 9.18 Å². The molecule has 41 heavy (non-hydrogen) atoms. The lowest BCUT2D eigenvalue weighted by molar-refractivity contribution is -0.115. The van der Waals surface area contributed by atoms with E-state index >= 15 is 0 Å². The van der Waals surface area contributed by atoms with E-state index in [0.29, 0.717) is 34.1 Å². The first-order valence-corrected chi connectivity index (χ1v) is 12.8. The smallest absolute Gasteiger partial charge is 0.228 e. The van der Waals surface area contributed by atoms with Crippen LogP contribution in [0.25, 0.3) is 56.0 Å². The number of hydrogen-bond acceptors (Lipinski definition) is 6. The van der Waals surface area contributed by atoms with Crippen LogP contribution in [-0.4, -0.2) is 41.0 Å². The maximum atomic E-state index is 13.5. The lowest BCUT2D eigenvalue weighted by atomic mass is 10.1. The topological polar surface area (TPSA) is 125 Å². The van der Waals surface area contributed by atoms with Crippen LogP contribution in [0, 0.1) is 5.82 Å². The van der Waals surface area contributed by atoms with E-state index in [1.165, 1.54) is 12.1 Å². The number of amides is 1. The molecule has 0 aliphatic carbocycles. The van der Waals surface area contributed by atoms with E-state index in [2.05, 4.69) is 35.5 Å². The number of anilines is 1. The van der Waals surface area contributed by atoms with Gasteiger partial charge in [0, 0.05) is 35.3 Å². The van der Waals surface area contributed by atoms with Crippen LogP contribution in [0.1, 0.15) is 5.56 Å². The van der Waals surface area contributed by atoms with E-state index in [4.69, 9.17) is 4.98 Å². The molecule has 198 valence electrons. The summed E-state index contributed by atoms with van der Waals surface area (Å²) in [5, 5.41) is 11.1. The minimum atomic E-state index is -0.315. The zero-order chi connectivity index (χ0) is 27.8. The van der Waals surface area contributed by atoms with Gasteiger partial charge in [-0.25, -0.2) is 14.4 Å². The molecule has 1 amide bonds. The molecule has 0 saturated carbocycles. The first-order chi connectivity index (χ1) is 20.1. The van der Waals surface area contributed by atoms with Crippen molar-refractivity contribution in [3.8, 4) is 33.9 Å². The highest BCUT2D eigenvalue weighted by molar-refractivity contribution is 5.97. The number of carbonyl (C=O) groups is 1. The Bertz CT molecular complexity index is 2030. The van der Waals surface area contributed by atoms with Crippen LogP contribution in [0.5, 0.6) is 0 Å². The zero-order valence-electron chi connectivity index (χ0n) is 21.5. The van der Waals surface area contributed by atoms with Crippen molar-refractivity contribution in [2.75, 3.05) is 5.32 Å². The normalized spacial score (nSPS) is 11.2. The Kier molecular flexibility index (Phi) is 5.97. The molecule has 0 radical (unpaired) electrons. The number of nitrogens with one attached hydrogen (secondary N) is 3. The monoisotopic (exact) mass is 540 g/mol. The Balaban J connectivity index is 1.21. The zero-order valence-corrected chi connectivity index (χ0v) is 21.5. The number of rotatable bonds is 6. The van der Waals surface area contributed by atoms with E-state index in [1.807, 2.05) is 48.5 Å². The number of aromatic nitrogens is 7. The van der Waals surface area contributed by atoms with Gasteiger partial charge in [-0.3, -0.25) is 19.9 Å². The number of hydrogen-bond donors (Lipinski definition) is 3. The maximum Gasteiger partial charge on any atom is 0.228 e. The second-order valence-electron chi connectivity index (χ2n) is 9.51. The van der Waals surface area contributed by atoms with Crippen LogP contribution in [0.3, 0.4) is 0 Å². The fourth-order valence-corrected chi connectivity index (χ4v) is 4.76. The van der Waals surface area contributed by atoms with Gasteiger partial charge in [0.2, 0.25) is 5.91 Å². The van der Waals surface area contributed by atoms with E-state index < -0.39 is 0 Å². The predicted molar refractivity (Wildman–Crippen MR) is 154 cm³/mol. The summed E-state index contributed by atoms with van der Waals surface area (Å²) in [7, 11) is 0. The minimum Gasteiger partial charge on any atom is -0.336 e.